The summed E-state index contributed by atoms with van der Waals surface area (Å²) in [6.07, 6.45) is 3.02. The number of carbonyl (C=O) groups is 1. The monoisotopic (exact) mass is 329 g/mol. The van der Waals surface area contributed by atoms with Gasteiger partial charge in [-0.3, -0.25) is 4.79 Å². The molecule has 0 atom stereocenters. The van der Waals surface area contributed by atoms with E-state index in [0.717, 1.165) is 17.4 Å². The van der Waals surface area contributed by atoms with Gasteiger partial charge in [-0.15, -0.1) is 0 Å². The lowest BCUT2D eigenvalue weighted by molar-refractivity contribution is -0.104. The average Bonchev–Trinajstić information content (AvgIpc) is 2.30. The number of allylic oxidation sites excluding steroid dienone is 2. The van der Waals surface area contributed by atoms with Crippen LogP contribution in [0.4, 0.5) is 4.39 Å². The van der Waals surface area contributed by atoms with Gasteiger partial charge in [-0.05, 0) is 33.8 Å². The fourth-order valence-electron chi connectivity index (χ4n) is 1.43. The first-order chi connectivity index (χ1) is 7.79. The molecule has 0 N–H and O–H groups in total. The van der Waals surface area contributed by atoms with Crippen molar-refractivity contribution in [2.24, 2.45) is 3.15 Å². The Morgan fingerprint density at radius 3 is 3.06 bits per heavy atom. The third kappa shape index (κ3) is 2.69. The molecule has 1 aliphatic rings. The number of rotatable bonds is 3. The van der Waals surface area contributed by atoms with Crippen molar-refractivity contribution in [3.63, 3.8) is 0 Å². The van der Waals surface area contributed by atoms with Gasteiger partial charge in [0, 0.05) is 32.8 Å². The molecule has 1 heterocycles. The summed E-state index contributed by atoms with van der Waals surface area (Å²) in [5.74, 6) is -0.245. The van der Waals surface area contributed by atoms with Crippen molar-refractivity contribution in [3.05, 3.63) is 57.1 Å². The third-order valence-corrected chi connectivity index (χ3v) is 3.84. The van der Waals surface area contributed by atoms with Gasteiger partial charge in [0.05, 0.1) is 0 Å². The summed E-state index contributed by atoms with van der Waals surface area (Å²) in [7, 11) is 0. The van der Waals surface area contributed by atoms with Crippen molar-refractivity contribution in [3.8, 4) is 0 Å². The zero-order valence-electron chi connectivity index (χ0n) is 8.36. The van der Waals surface area contributed by atoms with Crippen molar-refractivity contribution in [1.29, 1.82) is 0 Å². The summed E-state index contributed by atoms with van der Waals surface area (Å²) in [6.45, 7) is 0. The molecule has 82 valence electrons. The molecule has 1 aliphatic heterocycles. The largest absolute Gasteiger partial charge is 0.298 e. The van der Waals surface area contributed by atoms with Crippen molar-refractivity contribution in [1.82, 2.24) is 0 Å². The van der Waals surface area contributed by atoms with Gasteiger partial charge >= 0.3 is 0 Å². The maximum Gasteiger partial charge on any atom is 0.151 e. The van der Waals surface area contributed by atoms with Crippen LogP contribution in [0.1, 0.15) is 5.56 Å². The average molecular weight is 329 g/mol. The molecule has 1 aromatic rings. The van der Waals surface area contributed by atoms with E-state index < -0.39 is 0 Å². The van der Waals surface area contributed by atoms with Gasteiger partial charge in [0.1, 0.15) is 5.82 Å². The Hall–Kier alpha value is -1.17. The van der Waals surface area contributed by atoms with Crippen molar-refractivity contribution < 1.29 is 9.18 Å². The van der Waals surface area contributed by atoms with Crippen LogP contribution in [-0.2, 0) is 11.2 Å². The minimum atomic E-state index is -0.331. The quantitative estimate of drug-likeness (QED) is 0.616. The van der Waals surface area contributed by atoms with Crippen LogP contribution in [-0.4, -0.2) is 6.29 Å². The van der Waals surface area contributed by atoms with E-state index in [1.165, 1.54) is 12.1 Å². The molecule has 0 amide bonds. The number of nitrogens with zero attached hydrogens (tertiary/aromatic N) is 1. The summed E-state index contributed by atoms with van der Waals surface area (Å²) in [4.78, 5) is 10.8. The highest BCUT2D eigenvalue weighted by Crippen LogP contribution is 2.24. The second-order valence-electron chi connectivity index (χ2n) is 3.34. The highest BCUT2D eigenvalue weighted by molar-refractivity contribution is 14.2. The van der Waals surface area contributed by atoms with Crippen LogP contribution >= 0.6 is 21.0 Å². The minimum Gasteiger partial charge on any atom is -0.298 e. The molecule has 4 heteroatoms. The second kappa shape index (κ2) is 5.25. The predicted molar refractivity (Wildman–Crippen MR) is 68.8 cm³/mol. The molecule has 1 aromatic carbocycles. The van der Waals surface area contributed by atoms with Gasteiger partial charge in [-0.2, -0.15) is 0 Å². The highest BCUT2D eigenvalue weighted by atomic mass is 127. The van der Waals surface area contributed by atoms with E-state index in [4.69, 9.17) is 0 Å². The van der Waals surface area contributed by atoms with E-state index in [0.29, 0.717) is 12.0 Å². The fourth-order valence-corrected chi connectivity index (χ4v) is 2.97. The molecule has 0 saturated carbocycles. The molecule has 0 radical (unpaired) electrons. The van der Waals surface area contributed by atoms with E-state index in [1.54, 1.807) is 12.3 Å². The van der Waals surface area contributed by atoms with Gasteiger partial charge in [-0.25, -0.2) is 7.54 Å². The van der Waals surface area contributed by atoms with E-state index in [-0.39, 0.29) is 26.9 Å². The van der Waals surface area contributed by atoms with Crippen molar-refractivity contribution in [2.75, 3.05) is 0 Å². The first-order valence-electron chi connectivity index (χ1n) is 4.71. The summed E-state index contributed by atoms with van der Waals surface area (Å²) >= 11 is -0.331. The maximum absolute atomic E-state index is 13.0. The molecule has 0 fully saturated rings. The Labute approximate surface area is 103 Å². The van der Waals surface area contributed by atoms with Gasteiger partial charge in [-0.1, -0.05) is 12.1 Å². The lowest BCUT2D eigenvalue weighted by Crippen LogP contribution is -1.97. The van der Waals surface area contributed by atoms with Crippen molar-refractivity contribution >= 4 is 27.3 Å². The molecule has 2 nitrogen and oxygen atoms in total. The number of aldehydes is 1. The molecule has 0 saturated heterocycles. The normalized spacial score (nSPS) is 14.8. The summed E-state index contributed by atoms with van der Waals surface area (Å²) in [5, 5.41) is 0. The molecule has 0 unspecified atom stereocenters. The molecule has 0 bridgehead atoms. The van der Waals surface area contributed by atoms with Crippen molar-refractivity contribution in [2.45, 2.75) is 6.42 Å². The Morgan fingerprint density at radius 1 is 1.44 bits per heavy atom. The number of carbonyl (C=O) groups excluding carboxylic acids is 1. The van der Waals surface area contributed by atoms with E-state index in [2.05, 4.69) is 3.15 Å². The lowest BCUT2D eigenvalue weighted by atomic mass is 10.0. The Balaban J connectivity index is 2.22. The van der Waals surface area contributed by atoms with Crippen LogP contribution < -0.4 is 0 Å². The standard InChI is InChI=1S/C12H9FINO/c13-12-3-1-2-9(5-12)4-10-6-14-15-7-11(10)8-16/h1-3,5-8H,4H2. The van der Waals surface area contributed by atoms with Gasteiger partial charge in [0.25, 0.3) is 0 Å². The molecule has 16 heavy (non-hydrogen) atoms. The van der Waals surface area contributed by atoms with Crippen LogP contribution in [0.2, 0.25) is 0 Å². The molecular weight excluding hydrogens is 320 g/mol. The Bertz CT molecular complexity index is 505. The van der Waals surface area contributed by atoms with Crippen LogP contribution in [0.5, 0.6) is 0 Å². The lowest BCUT2D eigenvalue weighted by Gasteiger charge is -2.07. The number of benzene rings is 1. The van der Waals surface area contributed by atoms with E-state index in [1.807, 2.05) is 10.1 Å². The maximum atomic E-state index is 13.0. The Kier molecular flexibility index (Phi) is 3.71. The molecule has 0 aromatic heterocycles. The first-order valence-corrected chi connectivity index (χ1v) is 6.93. The smallest absolute Gasteiger partial charge is 0.151 e. The Morgan fingerprint density at radius 2 is 2.31 bits per heavy atom. The number of halogens is 2. The topological polar surface area (TPSA) is 29.4 Å². The van der Waals surface area contributed by atoms with Crippen LogP contribution in [0, 0.1) is 5.82 Å². The summed E-state index contributed by atoms with van der Waals surface area (Å²) in [5.41, 5.74) is 2.45. The molecule has 0 spiro atoms. The summed E-state index contributed by atoms with van der Waals surface area (Å²) in [6, 6.07) is 6.44. The second-order valence-corrected chi connectivity index (χ2v) is 5.08. The molecule has 0 aliphatic carbocycles. The third-order valence-electron chi connectivity index (χ3n) is 2.21. The van der Waals surface area contributed by atoms with Gasteiger partial charge < -0.3 is 0 Å². The number of hydrogen-bond donors (Lipinski definition) is 0. The highest BCUT2D eigenvalue weighted by Gasteiger charge is 2.08. The van der Waals surface area contributed by atoms with Crippen LogP contribution in [0.25, 0.3) is 0 Å². The van der Waals surface area contributed by atoms with Crippen LogP contribution in [0.15, 0.2) is 48.8 Å². The predicted octanol–water partition coefficient (Wildman–Crippen LogP) is 3.50. The van der Waals surface area contributed by atoms with Gasteiger partial charge in [0.15, 0.2) is 6.29 Å². The van der Waals surface area contributed by atoms with Crippen LogP contribution in [0.3, 0.4) is 0 Å². The molecule has 2 rings (SSSR count). The SMILES string of the molecule is O=CC1=CN=IC=C1Cc1cccc(F)c1. The fraction of sp³-hybridized carbons (Fsp3) is 0.0833. The number of hydrogen-bond acceptors (Lipinski definition) is 2. The summed E-state index contributed by atoms with van der Waals surface area (Å²) < 4.78 is 19.1. The first kappa shape index (κ1) is 11.3. The zero-order valence-corrected chi connectivity index (χ0v) is 10.5. The zero-order chi connectivity index (χ0) is 11.4. The van der Waals surface area contributed by atoms with E-state index in [9.17, 15) is 9.18 Å². The van der Waals surface area contributed by atoms with Gasteiger partial charge in [0.2, 0.25) is 0 Å². The minimum absolute atomic E-state index is 0.245. The van der Waals surface area contributed by atoms with E-state index >= 15 is 0 Å². The molecular formula is C12H9FINO.